The van der Waals surface area contributed by atoms with Crippen molar-refractivity contribution in [3.63, 3.8) is 0 Å². The number of benzene rings is 3. The Kier molecular flexibility index (Phi) is 6.64. The van der Waals surface area contributed by atoms with Crippen LogP contribution in [0.4, 0.5) is 11.4 Å². The largest absolute Gasteiger partial charge is 0.378 e. The highest BCUT2D eigenvalue weighted by Gasteiger charge is 2.43. The molecule has 1 aliphatic heterocycles. The lowest BCUT2D eigenvalue weighted by Gasteiger charge is -2.30. The molecule has 1 amide bonds. The van der Waals surface area contributed by atoms with Crippen molar-refractivity contribution in [3.8, 4) is 0 Å². The maximum atomic E-state index is 13.7. The predicted octanol–water partition coefficient (Wildman–Crippen LogP) is 6.26. The Morgan fingerprint density at radius 3 is 2.08 bits per heavy atom. The number of carbonyl (C=O) groups excluding carboxylic acids is 1. The summed E-state index contributed by atoms with van der Waals surface area (Å²) in [5.74, 6) is 0.137. The Morgan fingerprint density at radius 2 is 1.47 bits per heavy atom. The summed E-state index contributed by atoms with van der Waals surface area (Å²) >= 11 is 0. The quantitative estimate of drug-likeness (QED) is 0.435. The van der Waals surface area contributed by atoms with Crippen LogP contribution in [-0.4, -0.2) is 44.8 Å². The van der Waals surface area contributed by atoms with Crippen molar-refractivity contribution in [2.45, 2.75) is 25.3 Å². The molecule has 1 saturated carbocycles. The van der Waals surface area contributed by atoms with E-state index in [1.165, 1.54) is 16.8 Å². The Labute approximate surface area is 214 Å². The number of carbonyl (C=O) groups is 1. The molecule has 3 aromatic carbocycles. The maximum Gasteiger partial charge on any atom is 0.274 e. The predicted molar refractivity (Wildman–Crippen MR) is 150 cm³/mol. The van der Waals surface area contributed by atoms with E-state index >= 15 is 0 Å². The molecule has 5 rings (SSSR count). The molecule has 0 aromatic heterocycles. The van der Waals surface area contributed by atoms with E-state index in [2.05, 4.69) is 78.5 Å². The second-order valence-electron chi connectivity index (χ2n) is 10.1. The zero-order valence-corrected chi connectivity index (χ0v) is 21.6. The molecule has 0 spiro atoms. The highest BCUT2D eigenvalue weighted by atomic mass is 16.2. The molecule has 5 nitrogen and oxygen atoms in total. The molecular weight excluding hydrogens is 444 g/mol. The van der Waals surface area contributed by atoms with Crippen LogP contribution < -0.4 is 9.80 Å². The van der Waals surface area contributed by atoms with E-state index < -0.39 is 0 Å². The standard InChI is InChI=1S/C31H34N4O/c1-33(2)26-17-13-22(14-18-26)21-25-11-8-12-28-29(25)32-35(31(36)24-9-6-5-7-10-24)30(28)23-15-19-27(20-16-23)34(3)4/h5-7,9-10,13-21,28,30H,8,11-12H2,1-4H3. The van der Waals surface area contributed by atoms with E-state index in [1.807, 2.05) is 44.4 Å². The van der Waals surface area contributed by atoms with E-state index in [4.69, 9.17) is 5.10 Å². The van der Waals surface area contributed by atoms with Gasteiger partial charge in [-0.2, -0.15) is 5.10 Å². The Bertz CT molecular complexity index is 1270. The third kappa shape index (κ3) is 4.66. The summed E-state index contributed by atoms with van der Waals surface area (Å²) in [5, 5.41) is 6.78. The van der Waals surface area contributed by atoms with Gasteiger partial charge in [-0.25, -0.2) is 5.01 Å². The Balaban J connectivity index is 1.54. The Hall–Kier alpha value is -3.86. The van der Waals surface area contributed by atoms with E-state index in [9.17, 15) is 4.79 Å². The van der Waals surface area contributed by atoms with E-state index in [0.29, 0.717) is 5.56 Å². The van der Waals surface area contributed by atoms with Gasteiger partial charge in [0.2, 0.25) is 0 Å². The van der Waals surface area contributed by atoms with Crippen molar-refractivity contribution in [2.75, 3.05) is 38.0 Å². The van der Waals surface area contributed by atoms with Crippen LogP contribution in [0.2, 0.25) is 0 Å². The lowest BCUT2D eigenvalue weighted by Crippen LogP contribution is -2.32. The van der Waals surface area contributed by atoms with E-state index in [0.717, 1.165) is 36.2 Å². The fraction of sp³-hybridized carbons (Fsp3) is 0.290. The van der Waals surface area contributed by atoms with Crippen molar-refractivity contribution in [3.05, 3.63) is 101 Å². The second-order valence-corrected chi connectivity index (χ2v) is 10.1. The summed E-state index contributed by atoms with van der Waals surface area (Å²) < 4.78 is 0. The molecule has 1 fully saturated rings. The first-order valence-electron chi connectivity index (χ1n) is 12.6. The molecule has 2 aliphatic rings. The molecule has 3 aromatic rings. The van der Waals surface area contributed by atoms with Crippen molar-refractivity contribution in [1.82, 2.24) is 5.01 Å². The van der Waals surface area contributed by atoms with E-state index in [1.54, 1.807) is 5.01 Å². The first kappa shape index (κ1) is 23.9. The minimum Gasteiger partial charge on any atom is -0.378 e. The summed E-state index contributed by atoms with van der Waals surface area (Å²) in [5.41, 5.74) is 7.58. The first-order chi connectivity index (χ1) is 17.4. The molecule has 2 atom stereocenters. The summed E-state index contributed by atoms with van der Waals surface area (Å²) in [6, 6.07) is 26.6. The van der Waals surface area contributed by atoms with Crippen LogP contribution in [-0.2, 0) is 0 Å². The molecule has 5 heteroatoms. The smallest absolute Gasteiger partial charge is 0.274 e. The molecule has 1 heterocycles. The minimum atomic E-state index is -0.108. The van der Waals surface area contributed by atoms with Crippen LogP contribution in [0, 0.1) is 5.92 Å². The topological polar surface area (TPSA) is 39.1 Å². The van der Waals surface area contributed by atoms with Crippen molar-refractivity contribution in [1.29, 1.82) is 0 Å². The van der Waals surface area contributed by atoms with Gasteiger partial charge in [0.15, 0.2) is 0 Å². The molecule has 0 radical (unpaired) electrons. The number of anilines is 2. The monoisotopic (exact) mass is 478 g/mol. The van der Waals surface area contributed by atoms with Crippen LogP contribution in [0.15, 0.2) is 89.5 Å². The fourth-order valence-corrected chi connectivity index (χ4v) is 5.25. The SMILES string of the molecule is CN(C)c1ccc(C=C2CCCC3C2=NN(C(=O)c2ccccc2)C3c2ccc(N(C)C)cc2)cc1. The third-order valence-corrected chi connectivity index (χ3v) is 7.23. The molecule has 36 heavy (non-hydrogen) atoms. The lowest BCUT2D eigenvalue weighted by atomic mass is 9.77. The van der Waals surface area contributed by atoms with E-state index in [-0.39, 0.29) is 17.9 Å². The van der Waals surface area contributed by atoms with Crippen LogP contribution in [0.1, 0.15) is 46.8 Å². The zero-order chi connectivity index (χ0) is 25.2. The zero-order valence-electron chi connectivity index (χ0n) is 21.6. The van der Waals surface area contributed by atoms with Gasteiger partial charge < -0.3 is 9.80 Å². The van der Waals surface area contributed by atoms with Gasteiger partial charge in [0.25, 0.3) is 5.91 Å². The molecule has 0 saturated heterocycles. The van der Waals surface area contributed by atoms with Gasteiger partial charge in [0, 0.05) is 51.0 Å². The van der Waals surface area contributed by atoms with Crippen LogP contribution in [0.25, 0.3) is 6.08 Å². The van der Waals surface area contributed by atoms with Crippen LogP contribution in [0.5, 0.6) is 0 Å². The van der Waals surface area contributed by atoms with Crippen molar-refractivity contribution >= 4 is 29.1 Å². The number of hydrazone groups is 1. The molecular formula is C31H34N4O. The van der Waals surface area contributed by atoms with Gasteiger partial charge in [-0.3, -0.25) is 4.79 Å². The average molecular weight is 479 g/mol. The van der Waals surface area contributed by atoms with Gasteiger partial charge in [-0.1, -0.05) is 42.5 Å². The average Bonchev–Trinajstić information content (AvgIpc) is 3.30. The van der Waals surface area contributed by atoms with Crippen molar-refractivity contribution in [2.24, 2.45) is 11.0 Å². The number of allylic oxidation sites excluding steroid dienone is 1. The maximum absolute atomic E-state index is 13.7. The fourth-order valence-electron chi connectivity index (χ4n) is 5.25. The highest BCUT2D eigenvalue weighted by Crippen LogP contribution is 2.45. The van der Waals surface area contributed by atoms with Gasteiger partial charge in [0.1, 0.15) is 0 Å². The first-order valence-corrected chi connectivity index (χ1v) is 12.6. The van der Waals surface area contributed by atoms with Crippen molar-refractivity contribution < 1.29 is 4.79 Å². The minimum absolute atomic E-state index is 0.0473. The van der Waals surface area contributed by atoms with Gasteiger partial charge >= 0.3 is 0 Å². The molecule has 0 N–H and O–H groups in total. The number of nitrogens with zero attached hydrogens (tertiary/aromatic N) is 4. The molecule has 1 aliphatic carbocycles. The van der Waals surface area contributed by atoms with Crippen LogP contribution >= 0.6 is 0 Å². The Morgan fingerprint density at radius 1 is 0.861 bits per heavy atom. The molecule has 184 valence electrons. The summed E-state index contributed by atoms with van der Waals surface area (Å²) in [4.78, 5) is 17.9. The summed E-state index contributed by atoms with van der Waals surface area (Å²) in [6.45, 7) is 0. The number of rotatable bonds is 5. The third-order valence-electron chi connectivity index (χ3n) is 7.23. The summed E-state index contributed by atoms with van der Waals surface area (Å²) in [7, 11) is 8.19. The molecule has 0 bridgehead atoms. The summed E-state index contributed by atoms with van der Waals surface area (Å²) in [6.07, 6.45) is 5.34. The number of fused-ring (bicyclic) bond motifs is 1. The normalized spacial score (nSPS) is 20.2. The van der Waals surface area contributed by atoms with Crippen LogP contribution in [0.3, 0.4) is 0 Å². The van der Waals surface area contributed by atoms with Gasteiger partial charge in [0.05, 0.1) is 11.8 Å². The lowest BCUT2D eigenvalue weighted by molar-refractivity contribution is 0.0681. The highest BCUT2D eigenvalue weighted by molar-refractivity contribution is 6.09. The number of amides is 1. The van der Waals surface area contributed by atoms with Gasteiger partial charge in [-0.15, -0.1) is 0 Å². The number of hydrogen-bond acceptors (Lipinski definition) is 4. The molecule has 2 unspecified atom stereocenters. The van der Waals surface area contributed by atoms with Gasteiger partial charge in [-0.05, 0) is 78.4 Å². The second kappa shape index (κ2) is 10.0. The number of hydrogen-bond donors (Lipinski definition) is 0.